The zero-order chi connectivity index (χ0) is 29.4. The van der Waals surface area contributed by atoms with E-state index in [9.17, 15) is 10.1 Å². The number of hydrogen-bond donors (Lipinski definition) is 3. The molecule has 220 valence electrons. The Morgan fingerprint density at radius 2 is 2.02 bits per heavy atom. The molecule has 3 aliphatic heterocycles. The van der Waals surface area contributed by atoms with Gasteiger partial charge in [-0.3, -0.25) is 14.3 Å². The zero-order valence-electron chi connectivity index (χ0n) is 24.6. The lowest BCUT2D eigenvalue weighted by atomic mass is 9.98. The highest BCUT2D eigenvalue weighted by Crippen LogP contribution is 2.42. The van der Waals surface area contributed by atoms with Crippen LogP contribution in [0.2, 0.25) is 0 Å². The fourth-order valence-electron chi connectivity index (χ4n) is 6.41. The van der Waals surface area contributed by atoms with Gasteiger partial charge in [-0.05, 0) is 64.4 Å². The van der Waals surface area contributed by atoms with E-state index >= 15 is 0 Å². The zero-order valence-corrected chi connectivity index (χ0v) is 24.6. The standard InChI is InChI=1S/C30H38N10O2/c1-5-24-27-23(13-31)34-17-39(27)25-14-33-30(37-28(25)40(24)18(2)3)36-22-7-6-19(12-26(22)42-4)29(41)35-20-15-38(16-20)21-8-10-32-11-9-21/h6-7,12,14,17-18,20-21,24,32H,5,8-11,15-16H2,1-4H3,(H,35,41)(H,33,36,37). The molecule has 3 N–H and O–H groups in total. The van der Waals surface area contributed by atoms with Crippen molar-refractivity contribution in [2.75, 3.05) is 43.5 Å². The van der Waals surface area contributed by atoms with E-state index in [0.717, 1.165) is 49.8 Å². The van der Waals surface area contributed by atoms with Gasteiger partial charge in [0.05, 0.1) is 36.8 Å². The van der Waals surface area contributed by atoms with Crippen molar-refractivity contribution in [1.82, 2.24) is 35.1 Å². The quantitative estimate of drug-likeness (QED) is 0.371. The maximum Gasteiger partial charge on any atom is 0.251 e. The van der Waals surface area contributed by atoms with Gasteiger partial charge < -0.3 is 25.6 Å². The van der Waals surface area contributed by atoms with Crippen LogP contribution in [-0.4, -0.2) is 81.7 Å². The second-order valence-electron chi connectivity index (χ2n) is 11.4. The van der Waals surface area contributed by atoms with E-state index in [1.165, 1.54) is 12.8 Å². The van der Waals surface area contributed by atoms with E-state index in [1.807, 2.05) is 10.6 Å². The number of carbonyl (C=O) groups excluding carboxylic acids is 1. The molecule has 2 fully saturated rings. The second-order valence-corrected chi connectivity index (χ2v) is 11.4. The molecule has 0 aliphatic carbocycles. The highest BCUT2D eigenvalue weighted by atomic mass is 16.5. The van der Waals surface area contributed by atoms with Crippen LogP contribution < -0.4 is 25.6 Å². The normalized spacial score (nSPS) is 19.0. The van der Waals surface area contributed by atoms with Gasteiger partial charge in [0, 0.05) is 30.7 Å². The molecule has 1 aromatic carbocycles. The fraction of sp³-hybridized carbons (Fsp3) is 0.500. The molecule has 0 radical (unpaired) electrons. The number of fused-ring (bicyclic) bond motifs is 3. The molecule has 12 heteroatoms. The van der Waals surface area contributed by atoms with Crippen molar-refractivity contribution in [3.05, 3.63) is 47.7 Å². The molecule has 1 unspecified atom stereocenters. The first-order valence-electron chi connectivity index (χ1n) is 14.8. The van der Waals surface area contributed by atoms with E-state index in [-0.39, 0.29) is 24.0 Å². The van der Waals surface area contributed by atoms with Crippen LogP contribution in [-0.2, 0) is 0 Å². The summed E-state index contributed by atoms with van der Waals surface area (Å²) in [6.07, 6.45) is 6.55. The summed E-state index contributed by atoms with van der Waals surface area (Å²) >= 11 is 0. The topological polar surface area (TPSA) is 136 Å². The molecule has 0 spiro atoms. The third-order valence-electron chi connectivity index (χ3n) is 8.54. The van der Waals surface area contributed by atoms with Gasteiger partial charge >= 0.3 is 0 Å². The molecular formula is C30H38N10O2. The minimum Gasteiger partial charge on any atom is -0.495 e. The first-order chi connectivity index (χ1) is 20.4. The number of piperidine rings is 1. The lowest BCUT2D eigenvalue weighted by Crippen LogP contribution is -2.63. The number of benzene rings is 1. The van der Waals surface area contributed by atoms with Crippen LogP contribution in [0.1, 0.15) is 67.8 Å². The maximum absolute atomic E-state index is 13.0. The van der Waals surface area contributed by atoms with Gasteiger partial charge in [-0.15, -0.1) is 0 Å². The Balaban J connectivity index is 1.19. The second kappa shape index (κ2) is 11.6. The smallest absolute Gasteiger partial charge is 0.251 e. The Morgan fingerprint density at radius 3 is 2.71 bits per heavy atom. The summed E-state index contributed by atoms with van der Waals surface area (Å²) in [5.41, 5.74) is 3.26. The Kier molecular flexibility index (Phi) is 7.70. The highest BCUT2D eigenvalue weighted by molar-refractivity contribution is 5.95. The van der Waals surface area contributed by atoms with Crippen LogP contribution in [0.4, 0.5) is 17.5 Å². The number of aromatic nitrogens is 4. The van der Waals surface area contributed by atoms with Gasteiger partial charge in [0.1, 0.15) is 23.8 Å². The third kappa shape index (κ3) is 5.03. The van der Waals surface area contributed by atoms with E-state index in [1.54, 1.807) is 31.8 Å². The summed E-state index contributed by atoms with van der Waals surface area (Å²) in [4.78, 5) is 31.6. The van der Waals surface area contributed by atoms with Crippen LogP contribution in [0, 0.1) is 11.3 Å². The summed E-state index contributed by atoms with van der Waals surface area (Å²) in [5.74, 6) is 1.58. The predicted octanol–water partition coefficient (Wildman–Crippen LogP) is 3.13. The first-order valence-corrected chi connectivity index (χ1v) is 14.8. The molecule has 2 aromatic heterocycles. The van der Waals surface area contributed by atoms with E-state index < -0.39 is 0 Å². The van der Waals surface area contributed by atoms with Gasteiger partial charge in [-0.25, -0.2) is 9.97 Å². The van der Waals surface area contributed by atoms with Crippen LogP contribution in [0.15, 0.2) is 30.7 Å². The van der Waals surface area contributed by atoms with E-state index in [4.69, 9.17) is 9.72 Å². The fourth-order valence-corrected chi connectivity index (χ4v) is 6.41. The predicted molar refractivity (Wildman–Crippen MR) is 160 cm³/mol. The minimum atomic E-state index is -0.106. The molecular weight excluding hydrogens is 532 g/mol. The molecule has 12 nitrogen and oxygen atoms in total. The summed E-state index contributed by atoms with van der Waals surface area (Å²) in [7, 11) is 1.58. The number of hydrogen-bond acceptors (Lipinski definition) is 10. The third-order valence-corrected chi connectivity index (χ3v) is 8.54. The van der Waals surface area contributed by atoms with E-state index in [0.29, 0.717) is 34.7 Å². The van der Waals surface area contributed by atoms with Gasteiger partial charge in [-0.1, -0.05) is 6.92 Å². The lowest BCUT2D eigenvalue weighted by molar-refractivity contribution is 0.0532. The van der Waals surface area contributed by atoms with Crippen molar-refractivity contribution < 1.29 is 9.53 Å². The largest absolute Gasteiger partial charge is 0.495 e. The van der Waals surface area contributed by atoms with Crippen molar-refractivity contribution in [1.29, 1.82) is 5.26 Å². The molecule has 5 heterocycles. The molecule has 42 heavy (non-hydrogen) atoms. The molecule has 6 rings (SSSR count). The van der Waals surface area contributed by atoms with Crippen LogP contribution in [0.5, 0.6) is 5.75 Å². The number of anilines is 3. The molecule has 3 aliphatic rings. The number of likely N-dealkylation sites (tertiary alicyclic amines) is 1. The minimum absolute atomic E-state index is 0.0489. The number of ether oxygens (including phenoxy) is 1. The molecule has 3 aromatic rings. The summed E-state index contributed by atoms with van der Waals surface area (Å²) < 4.78 is 7.58. The van der Waals surface area contributed by atoms with Crippen molar-refractivity contribution in [2.24, 2.45) is 0 Å². The number of rotatable bonds is 8. The molecule has 0 saturated carbocycles. The SMILES string of the molecule is CCC1c2c(C#N)ncn2-c2cnc(Nc3ccc(C(=O)NC4CN(C5CCNCC5)C4)cc3OC)nc2N1C(C)C. The van der Waals surface area contributed by atoms with Crippen molar-refractivity contribution in [3.8, 4) is 17.5 Å². The highest BCUT2D eigenvalue weighted by Gasteiger charge is 2.36. The average molecular weight is 571 g/mol. The Bertz CT molecular complexity index is 1500. The lowest BCUT2D eigenvalue weighted by Gasteiger charge is -2.45. The van der Waals surface area contributed by atoms with Gasteiger partial charge in [-0.2, -0.15) is 10.2 Å². The number of methoxy groups -OCH3 is 1. The maximum atomic E-state index is 13.0. The first kappa shape index (κ1) is 27.9. The summed E-state index contributed by atoms with van der Waals surface area (Å²) in [5, 5.41) is 19.5. The number of imidazole rings is 1. The van der Waals surface area contributed by atoms with Crippen molar-refractivity contribution in [3.63, 3.8) is 0 Å². The summed E-state index contributed by atoms with van der Waals surface area (Å²) in [6, 6.07) is 8.44. The monoisotopic (exact) mass is 570 g/mol. The molecule has 1 amide bonds. The number of carbonyl (C=O) groups is 1. The van der Waals surface area contributed by atoms with Gasteiger partial charge in [0.2, 0.25) is 5.95 Å². The number of nitriles is 1. The van der Waals surface area contributed by atoms with Crippen LogP contribution >= 0.6 is 0 Å². The van der Waals surface area contributed by atoms with Crippen LogP contribution in [0.25, 0.3) is 5.69 Å². The van der Waals surface area contributed by atoms with E-state index in [2.05, 4.69) is 62.6 Å². The molecule has 1 atom stereocenters. The Morgan fingerprint density at radius 1 is 1.24 bits per heavy atom. The van der Waals surface area contributed by atoms with Crippen LogP contribution in [0.3, 0.4) is 0 Å². The number of nitrogens with zero attached hydrogens (tertiary/aromatic N) is 7. The number of nitrogens with one attached hydrogen (secondary N) is 3. The van der Waals surface area contributed by atoms with Gasteiger partial charge in [0.15, 0.2) is 11.5 Å². The van der Waals surface area contributed by atoms with Crippen molar-refractivity contribution >= 4 is 23.4 Å². The molecule has 0 bridgehead atoms. The van der Waals surface area contributed by atoms with Gasteiger partial charge in [0.25, 0.3) is 5.91 Å². The Labute approximate surface area is 246 Å². The Hall–Kier alpha value is -4.21. The molecule has 2 saturated heterocycles. The number of amides is 1. The average Bonchev–Trinajstić information content (AvgIpc) is 3.42. The van der Waals surface area contributed by atoms with Crippen molar-refractivity contribution in [2.45, 2.75) is 64.2 Å². The summed E-state index contributed by atoms with van der Waals surface area (Å²) in [6.45, 7) is 10.3.